The van der Waals surface area contributed by atoms with Gasteiger partial charge in [-0.3, -0.25) is 10.1 Å². The minimum absolute atomic E-state index is 0.485. The average Bonchev–Trinajstić information content (AvgIpc) is 2.87. The molecule has 1 heterocycles. The molecule has 2 N–H and O–H groups in total. The maximum absolute atomic E-state index is 11.2. The van der Waals surface area contributed by atoms with E-state index in [-0.39, 0.29) is 0 Å². The number of hydrogen-bond donors (Lipinski definition) is 2. The SMILES string of the molecule is O=C(O)C1(NCc2ccco2)CCCC1. The zero-order chi connectivity index (χ0) is 10.7. The van der Waals surface area contributed by atoms with E-state index in [0.29, 0.717) is 19.4 Å². The number of hydrogen-bond acceptors (Lipinski definition) is 3. The third kappa shape index (κ3) is 2.04. The summed E-state index contributed by atoms with van der Waals surface area (Å²) in [6.45, 7) is 0.485. The lowest BCUT2D eigenvalue weighted by atomic mass is 9.98. The Morgan fingerprint density at radius 3 is 2.80 bits per heavy atom. The van der Waals surface area contributed by atoms with Crippen LogP contribution in [0.5, 0.6) is 0 Å². The fraction of sp³-hybridized carbons (Fsp3) is 0.545. The highest BCUT2D eigenvalue weighted by Gasteiger charge is 2.40. The van der Waals surface area contributed by atoms with Crippen LogP contribution in [-0.4, -0.2) is 16.6 Å². The number of nitrogens with one attached hydrogen (secondary N) is 1. The van der Waals surface area contributed by atoms with E-state index < -0.39 is 11.5 Å². The summed E-state index contributed by atoms with van der Waals surface area (Å²) in [5, 5.41) is 12.3. The molecule has 0 saturated heterocycles. The van der Waals surface area contributed by atoms with Crippen LogP contribution in [0.2, 0.25) is 0 Å². The minimum atomic E-state index is -0.744. The molecule has 1 aliphatic rings. The lowest BCUT2D eigenvalue weighted by Gasteiger charge is -2.24. The molecule has 1 aliphatic carbocycles. The number of rotatable bonds is 4. The van der Waals surface area contributed by atoms with Gasteiger partial charge in [-0.2, -0.15) is 0 Å². The van der Waals surface area contributed by atoms with E-state index in [4.69, 9.17) is 4.42 Å². The van der Waals surface area contributed by atoms with E-state index in [1.54, 1.807) is 12.3 Å². The second-order valence-corrected chi connectivity index (χ2v) is 4.03. The molecule has 0 spiro atoms. The van der Waals surface area contributed by atoms with Crippen molar-refractivity contribution in [1.29, 1.82) is 0 Å². The summed E-state index contributed by atoms with van der Waals surface area (Å²) < 4.78 is 5.16. The summed E-state index contributed by atoms with van der Waals surface area (Å²) in [4.78, 5) is 11.2. The summed E-state index contributed by atoms with van der Waals surface area (Å²) in [6.07, 6.45) is 4.99. The molecule has 0 aromatic carbocycles. The lowest BCUT2D eigenvalue weighted by molar-refractivity contribution is -0.144. The highest BCUT2D eigenvalue weighted by Crippen LogP contribution is 2.30. The van der Waals surface area contributed by atoms with Crippen molar-refractivity contribution in [3.05, 3.63) is 24.2 Å². The van der Waals surface area contributed by atoms with Crippen molar-refractivity contribution >= 4 is 5.97 Å². The van der Waals surface area contributed by atoms with Crippen LogP contribution in [0.15, 0.2) is 22.8 Å². The van der Waals surface area contributed by atoms with Crippen molar-refractivity contribution in [3.63, 3.8) is 0 Å². The average molecular weight is 209 g/mol. The highest BCUT2D eigenvalue weighted by atomic mass is 16.4. The van der Waals surface area contributed by atoms with Crippen molar-refractivity contribution in [2.24, 2.45) is 0 Å². The highest BCUT2D eigenvalue weighted by molar-refractivity contribution is 5.79. The van der Waals surface area contributed by atoms with Gasteiger partial charge in [-0.15, -0.1) is 0 Å². The van der Waals surface area contributed by atoms with E-state index in [1.165, 1.54) is 0 Å². The molecular formula is C11H15NO3. The number of furan rings is 1. The van der Waals surface area contributed by atoms with Crippen molar-refractivity contribution in [1.82, 2.24) is 5.32 Å². The van der Waals surface area contributed by atoms with Gasteiger partial charge in [-0.1, -0.05) is 12.8 Å². The maximum atomic E-state index is 11.2. The fourth-order valence-corrected chi connectivity index (χ4v) is 2.11. The third-order valence-corrected chi connectivity index (χ3v) is 3.05. The van der Waals surface area contributed by atoms with Gasteiger partial charge in [0.2, 0.25) is 0 Å². The molecule has 0 unspecified atom stereocenters. The van der Waals surface area contributed by atoms with Crippen LogP contribution in [0.4, 0.5) is 0 Å². The largest absolute Gasteiger partial charge is 0.480 e. The molecule has 82 valence electrons. The molecular weight excluding hydrogens is 194 g/mol. The summed E-state index contributed by atoms with van der Waals surface area (Å²) in [5.41, 5.74) is -0.729. The van der Waals surface area contributed by atoms with Gasteiger partial charge in [0, 0.05) is 0 Å². The first-order valence-electron chi connectivity index (χ1n) is 5.24. The molecule has 0 bridgehead atoms. The Labute approximate surface area is 88.3 Å². The molecule has 1 aromatic heterocycles. The van der Waals surface area contributed by atoms with Crippen LogP contribution in [0.1, 0.15) is 31.4 Å². The molecule has 0 radical (unpaired) electrons. The van der Waals surface area contributed by atoms with E-state index in [0.717, 1.165) is 18.6 Å². The molecule has 4 nitrogen and oxygen atoms in total. The summed E-state index contributed by atoms with van der Waals surface area (Å²) in [5.74, 6) is 0.0362. The zero-order valence-corrected chi connectivity index (χ0v) is 8.53. The number of carbonyl (C=O) groups is 1. The minimum Gasteiger partial charge on any atom is -0.480 e. The first kappa shape index (κ1) is 10.2. The molecule has 1 saturated carbocycles. The first-order valence-corrected chi connectivity index (χ1v) is 5.24. The summed E-state index contributed by atoms with van der Waals surface area (Å²) in [6, 6.07) is 3.65. The van der Waals surface area contributed by atoms with Crippen molar-refractivity contribution in [2.45, 2.75) is 37.8 Å². The Balaban J connectivity index is 1.99. The Kier molecular flexibility index (Phi) is 2.77. The fourth-order valence-electron chi connectivity index (χ4n) is 2.11. The maximum Gasteiger partial charge on any atom is 0.323 e. The third-order valence-electron chi connectivity index (χ3n) is 3.05. The topological polar surface area (TPSA) is 62.5 Å². The van der Waals surface area contributed by atoms with Crippen molar-refractivity contribution < 1.29 is 14.3 Å². The van der Waals surface area contributed by atoms with Crippen molar-refractivity contribution in [3.8, 4) is 0 Å². The van der Waals surface area contributed by atoms with Gasteiger partial charge >= 0.3 is 5.97 Å². The van der Waals surface area contributed by atoms with Crippen LogP contribution >= 0.6 is 0 Å². The second-order valence-electron chi connectivity index (χ2n) is 4.03. The van der Waals surface area contributed by atoms with E-state index in [1.807, 2.05) is 6.07 Å². The number of carboxylic acid groups (broad SMARTS) is 1. The number of carboxylic acids is 1. The quantitative estimate of drug-likeness (QED) is 0.793. The second kappa shape index (κ2) is 4.06. The zero-order valence-electron chi connectivity index (χ0n) is 8.53. The van der Waals surface area contributed by atoms with Crippen LogP contribution < -0.4 is 5.32 Å². The van der Waals surface area contributed by atoms with Crippen molar-refractivity contribution in [2.75, 3.05) is 0 Å². The molecule has 0 aliphatic heterocycles. The van der Waals surface area contributed by atoms with Gasteiger partial charge in [-0.05, 0) is 25.0 Å². The van der Waals surface area contributed by atoms with Gasteiger partial charge in [-0.25, -0.2) is 0 Å². The predicted molar refractivity (Wildman–Crippen MR) is 54.4 cm³/mol. The summed E-state index contributed by atoms with van der Waals surface area (Å²) >= 11 is 0. The molecule has 15 heavy (non-hydrogen) atoms. The molecule has 1 aromatic rings. The molecule has 2 rings (SSSR count). The van der Waals surface area contributed by atoms with Crippen LogP contribution in [-0.2, 0) is 11.3 Å². The Bertz CT molecular complexity index is 326. The van der Waals surface area contributed by atoms with Gasteiger partial charge in [0.05, 0.1) is 12.8 Å². The van der Waals surface area contributed by atoms with E-state index >= 15 is 0 Å². The first-order chi connectivity index (χ1) is 7.23. The van der Waals surface area contributed by atoms with E-state index in [9.17, 15) is 9.90 Å². The van der Waals surface area contributed by atoms with Crippen LogP contribution in [0, 0.1) is 0 Å². The van der Waals surface area contributed by atoms with Gasteiger partial charge < -0.3 is 9.52 Å². The lowest BCUT2D eigenvalue weighted by Crippen LogP contribution is -2.49. The van der Waals surface area contributed by atoms with E-state index in [2.05, 4.69) is 5.32 Å². The molecule has 1 fully saturated rings. The standard InChI is InChI=1S/C11H15NO3/c13-10(14)11(5-1-2-6-11)12-8-9-4-3-7-15-9/h3-4,7,12H,1-2,5-6,8H2,(H,13,14). The summed E-state index contributed by atoms with van der Waals surface area (Å²) in [7, 11) is 0. The van der Waals surface area contributed by atoms with Gasteiger partial charge in [0.1, 0.15) is 11.3 Å². The molecule has 0 atom stereocenters. The molecule has 4 heteroatoms. The smallest absolute Gasteiger partial charge is 0.323 e. The van der Waals surface area contributed by atoms with Crippen LogP contribution in [0.3, 0.4) is 0 Å². The Morgan fingerprint density at radius 1 is 1.53 bits per heavy atom. The monoisotopic (exact) mass is 209 g/mol. The Morgan fingerprint density at radius 2 is 2.27 bits per heavy atom. The molecule has 0 amide bonds. The predicted octanol–water partition coefficient (Wildman–Crippen LogP) is 1.77. The Hall–Kier alpha value is -1.29. The van der Waals surface area contributed by atoms with Gasteiger partial charge in [0.25, 0.3) is 0 Å². The van der Waals surface area contributed by atoms with Gasteiger partial charge in [0.15, 0.2) is 0 Å². The van der Waals surface area contributed by atoms with Crippen LogP contribution in [0.25, 0.3) is 0 Å². The normalized spacial score (nSPS) is 19.2. The number of aliphatic carboxylic acids is 1.